The van der Waals surface area contributed by atoms with Crippen LogP contribution in [0, 0.1) is 11.6 Å². The van der Waals surface area contributed by atoms with E-state index < -0.39 is 41.4 Å². The Bertz CT molecular complexity index is 880. The quantitative estimate of drug-likeness (QED) is 0.897. The smallest absolute Gasteiger partial charge is 0.331 e. The molecule has 0 amide bonds. The molecule has 2 aromatic rings. The van der Waals surface area contributed by atoms with Crippen LogP contribution in [0.3, 0.4) is 0 Å². The molecule has 0 aliphatic carbocycles. The lowest BCUT2D eigenvalue weighted by Crippen LogP contribution is -2.43. The first kappa shape index (κ1) is 17.6. The maximum atomic E-state index is 13.3. The summed E-state index contributed by atoms with van der Waals surface area (Å²) in [7, 11) is 0. The minimum atomic E-state index is -1.24. The van der Waals surface area contributed by atoms with E-state index in [9.17, 15) is 23.2 Å². The summed E-state index contributed by atoms with van der Waals surface area (Å²) in [5.74, 6) is -2.81. The van der Waals surface area contributed by atoms with Gasteiger partial charge in [0.2, 0.25) is 0 Å². The highest BCUT2D eigenvalue weighted by molar-refractivity contribution is 5.66. The van der Waals surface area contributed by atoms with Crippen molar-refractivity contribution in [2.75, 3.05) is 0 Å². The Kier molecular flexibility index (Phi) is 4.96. The van der Waals surface area contributed by atoms with Gasteiger partial charge in [0, 0.05) is 30.3 Å². The molecule has 128 valence electrons. The lowest BCUT2D eigenvalue weighted by Gasteiger charge is -2.14. The van der Waals surface area contributed by atoms with Crippen molar-refractivity contribution < 1.29 is 18.7 Å². The van der Waals surface area contributed by atoms with Gasteiger partial charge in [-0.15, -0.1) is 0 Å². The lowest BCUT2D eigenvalue weighted by atomic mass is 10.1. The third kappa shape index (κ3) is 3.76. The van der Waals surface area contributed by atoms with Crippen LogP contribution in [0.2, 0.25) is 0 Å². The van der Waals surface area contributed by atoms with Gasteiger partial charge in [-0.1, -0.05) is 0 Å². The van der Waals surface area contributed by atoms with E-state index in [1.165, 1.54) is 0 Å². The summed E-state index contributed by atoms with van der Waals surface area (Å²) in [4.78, 5) is 35.6. The molecule has 0 aliphatic rings. The average Bonchev–Trinajstić information content (AvgIpc) is 2.42. The molecule has 1 heterocycles. The third-order valence-corrected chi connectivity index (χ3v) is 3.40. The number of hydrogen-bond acceptors (Lipinski definition) is 3. The molecule has 0 bridgehead atoms. The molecule has 2 rings (SSSR count). The molecular formula is C16H16F2N2O4. The largest absolute Gasteiger partial charge is 0.480 e. The SMILES string of the molecule is CC(C)n1c(=O)c(Cc2cc(F)cc(F)c2)cn(CC(=O)O)c1=O. The normalized spacial score (nSPS) is 11.0. The number of carboxylic acids is 1. The molecule has 0 unspecified atom stereocenters. The van der Waals surface area contributed by atoms with Crippen LogP contribution in [0.4, 0.5) is 8.78 Å². The number of carbonyl (C=O) groups is 1. The van der Waals surface area contributed by atoms with Crippen molar-refractivity contribution in [3.8, 4) is 0 Å². The highest BCUT2D eigenvalue weighted by atomic mass is 19.1. The summed E-state index contributed by atoms with van der Waals surface area (Å²) in [6, 6.07) is 2.37. The van der Waals surface area contributed by atoms with Crippen molar-refractivity contribution in [2.45, 2.75) is 32.9 Å². The molecule has 0 radical (unpaired) electrons. The second kappa shape index (κ2) is 6.77. The Hall–Kier alpha value is -2.77. The second-order valence-electron chi connectivity index (χ2n) is 5.68. The number of aromatic nitrogens is 2. The summed E-state index contributed by atoms with van der Waals surface area (Å²) in [5, 5.41) is 8.90. The zero-order valence-electron chi connectivity index (χ0n) is 13.1. The van der Waals surface area contributed by atoms with E-state index in [-0.39, 0.29) is 17.5 Å². The average molecular weight is 338 g/mol. The van der Waals surface area contributed by atoms with Gasteiger partial charge in [-0.05, 0) is 31.5 Å². The van der Waals surface area contributed by atoms with Gasteiger partial charge in [0.05, 0.1) is 0 Å². The highest BCUT2D eigenvalue weighted by Gasteiger charge is 2.16. The molecular weight excluding hydrogens is 322 g/mol. The van der Waals surface area contributed by atoms with Crippen LogP contribution >= 0.6 is 0 Å². The number of halogens is 2. The van der Waals surface area contributed by atoms with E-state index in [2.05, 4.69) is 0 Å². The molecule has 1 aromatic heterocycles. The van der Waals surface area contributed by atoms with Crippen LogP contribution in [0.25, 0.3) is 0 Å². The molecule has 6 nitrogen and oxygen atoms in total. The number of carboxylic acid groups (broad SMARTS) is 1. The number of aliphatic carboxylic acids is 1. The van der Waals surface area contributed by atoms with E-state index in [4.69, 9.17) is 5.11 Å². The summed E-state index contributed by atoms with van der Waals surface area (Å²) in [6.45, 7) is 2.61. The summed E-state index contributed by atoms with van der Waals surface area (Å²) >= 11 is 0. The first-order valence-electron chi connectivity index (χ1n) is 7.20. The fourth-order valence-corrected chi connectivity index (χ4v) is 2.45. The molecule has 24 heavy (non-hydrogen) atoms. The Balaban J connectivity index is 2.60. The molecule has 8 heteroatoms. The maximum Gasteiger partial charge on any atom is 0.331 e. The zero-order valence-corrected chi connectivity index (χ0v) is 13.1. The third-order valence-electron chi connectivity index (χ3n) is 3.40. The van der Waals surface area contributed by atoms with Gasteiger partial charge in [0.25, 0.3) is 5.56 Å². The van der Waals surface area contributed by atoms with Crippen molar-refractivity contribution in [1.29, 1.82) is 0 Å². The van der Waals surface area contributed by atoms with Gasteiger partial charge in [-0.25, -0.2) is 13.6 Å². The Morgan fingerprint density at radius 2 is 1.75 bits per heavy atom. The minimum absolute atomic E-state index is 0.0783. The number of rotatable bonds is 5. The van der Waals surface area contributed by atoms with Crippen molar-refractivity contribution in [3.05, 3.63) is 68.0 Å². The van der Waals surface area contributed by atoms with Crippen LogP contribution in [0.5, 0.6) is 0 Å². The predicted octanol–water partition coefficient (Wildman–Crippen LogP) is 1.54. The van der Waals surface area contributed by atoms with Crippen LogP contribution in [-0.2, 0) is 17.8 Å². The molecule has 0 spiro atoms. The topological polar surface area (TPSA) is 81.3 Å². The van der Waals surface area contributed by atoms with Crippen molar-refractivity contribution in [3.63, 3.8) is 0 Å². The predicted molar refractivity (Wildman–Crippen MR) is 82.1 cm³/mol. The standard InChI is InChI=1S/C16H16F2N2O4/c1-9(2)20-15(23)11(7-19(16(20)24)8-14(21)22)3-10-4-12(17)6-13(18)5-10/h4-7,9H,3,8H2,1-2H3,(H,21,22). The van der Waals surface area contributed by atoms with Gasteiger partial charge < -0.3 is 5.11 Å². The molecule has 0 saturated heterocycles. The highest BCUT2D eigenvalue weighted by Crippen LogP contribution is 2.11. The Morgan fingerprint density at radius 1 is 1.17 bits per heavy atom. The second-order valence-corrected chi connectivity index (χ2v) is 5.68. The molecule has 0 atom stereocenters. The maximum absolute atomic E-state index is 13.3. The van der Waals surface area contributed by atoms with E-state index in [1.54, 1.807) is 13.8 Å². The number of benzene rings is 1. The fraction of sp³-hybridized carbons (Fsp3) is 0.312. The Labute approximate surface area is 135 Å². The van der Waals surface area contributed by atoms with E-state index in [1.807, 2.05) is 0 Å². The Morgan fingerprint density at radius 3 is 2.25 bits per heavy atom. The molecule has 0 saturated carbocycles. The minimum Gasteiger partial charge on any atom is -0.480 e. The van der Waals surface area contributed by atoms with E-state index >= 15 is 0 Å². The van der Waals surface area contributed by atoms with Crippen LogP contribution < -0.4 is 11.2 Å². The summed E-state index contributed by atoms with van der Waals surface area (Å²) in [5.41, 5.74) is -1.07. The van der Waals surface area contributed by atoms with Crippen molar-refractivity contribution >= 4 is 5.97 Å². The number of nitrogens with zero attached hydrogens (tertiary/aromatic N) is 2. The summed E-state index contributed by atoms with van der Waals surface area (Å²) < 4.78 is 28.4. The fourth-order valence-electron chi connectivity index (χ4n) is 2.45. The van der Waals surface area contributed by atoms with E-state index in [0.29, 0.717) is 6.07 Å². The zero-order chi connectivity index (χ0) is 18.0. The van der Waals surface area contributed by atoms with Crippen LogP contribution in [0.15, 0.2) is 34.0 Å². The molecule has 1 aromatic carbocycles. The monoisotopic (exact) mass is 338 g/mol. The summed E-state index contributed by atoms with van der Waals surface area (Å²) in [6.07, 6.45) is 1.00. The lowest BCUT2D eigenvalue weighted by molar-refractivity contribution is -0.137. The molecule has 0 fully saturated rings. The van der Waals surface area contributed by atoms with Crippen molar-refractivity contribution in [2.24, 2.45) is 0 Å². The van der Waals surface area contributed by atoms with Gasteiger partial charge in [-0.2, -0.15) is 0 Å². The van der Waals surface area contributed by atoms with Gasteiger partial charge in [-0.3, -0.25) is 18.7 Å². The first-order chi connectivity index (χ1) is 11.2. The molecule has 1 N–H and O–H groups in total. The van der Waals surface area contributed by atoms with Gasteiger partial charge in [0.15, 0.2) is 0 Å². The van der Waals surface area contributed by atoms with Crippen molar-refractivity contribution in [1.82, 2.24) is 9.13 Å². The first-order valence-corrected chi connectivity index (χ1v) is 7.20. The van der Waals surface area contributed by atoms with Gasteiger partial charge >= 0.3 is 11.7 Å². The van der Waals surface area contributed by atoms with Crippen LogP contribution in [0.1, 0.15) is 31.0 Å². The van der Waals surface area contributed by atoms with Crippen LogP contribution in [-0.4, -0.2) is 20.2 Å². The van der Waals surface area contributed by atoms with Gasteiger partial charge in [0.1, 0.15) is 18.2 Å². The number of hydrogen-bond donors (Lipinski definition) is 1. The molecule has 0 aliphatic heterocycles. The van der Waals surface area contributed by atoms with E-state index in [0.717, 1.165) is 27.5 Å².